The fourth-order valence-electron chi connectivity index (χ4n) is 1.18. The van der Waals surface area contributed by atoms with Crippen LogP contribution in [-0.4, -0.2) is 46.2 Å². The van der Waals surface area contributed by atoms with E-state index in [4.69, 9.17) is 5.11 Å². The molecule has 2 amide bonds. The molecule has 1 saturated heterocycles. The molecule has 0 aromatic heterocycles. The van der Waals surface area contributed by atoms with Crippen molar-refractivity contribution in [2.45, 2.75) is 13.0 Å². The van der Waals surface area contributed by atoms with E-state index in [1.165, 1.54) is 16.7 Å². The largest absolute Gasteiger partial charge is 0.480 e. The summed E-state index contributed by atoms with van der Waals surface area (Å²) < 4.78 is 0. The molecular weight excluding hydrogens is 216 g/mol. The molecule has 0 aliphatic carbocycles. The molecule has 5 nitrogen and oxygen atoms in total. The SMILES string of the molecule is C=C(C)CNC(=O)N1CSCC1C(=O)O. The van der Waals surface area contributed by atoms with E-state index in [-0.39, 0.29) is 6.03 Å². The second kappa shape index (κ2) is 5.06. The number of aliphatic carboxylic acids is 1. The van der Waals surface area contributed by atoms with Gasteiger partial charge in [0.15, 0.2) is 0 Å². The van der Waals surface area contributed by atoms with Crippen LogP contribution in [0.3, 0.4) is 0 Å². The number of carbonyl (C=O) groups is 2. The molecule has 1 atom stereocenters. The Morgan fingerprint density at radius 3 is 2.87 bits per heavy atom. The molecular formula is C9H14N2O3S. The Morgan fingerprint density at radius 2 is 2.33 bits per heavy atom. The second-order valence-corrected chi connectivity index (χ2v) is 4.44. The Labute approximate surface area is 92.5 Å². The first-order valence-electron chi connectivity index (χ1n) is 4.51. The second-order valence-electron chi connectivity index (χ2n) is 3.44. The predicted octanol–water partition coefficient (Wildman–Crippen LogP) is 0.732. The van der Waals surface area contributed by atoms with Gasteiger partial charge in [-0.3, -0.25) is 0 Å². The molecule has 0 aromatic carbocycles. The van der Waals surface area contributed by atoms with Gasteiger partial charge in [0.05, 0.1) is 5.88 Å². The molecule has 1 rings (SSSR count). The number of amides is 2. The summed E-state index contributed by atoms with van der Waals surface area (Å²) in [5.74, 6) is -0.0695. The highest BCUT2D eigenvalue weighted by molar-refractivity contribution is 7.99. The summed E-state index contributed by atoms with van der Waals surface area (Å²) in [7, 11) is 0. The number of hydrogen-bond acceptors (Lipinski definition) is 3. The lowest BCUT2D eigenvalue weighted by molar-refractivity contribution is -0.140. The van der Waals surface area contributed by atoms with Crippen LogP contribution < -0.4 is 5.32 Å². The molecule has 1 aliphatic heterocycles. The standard InChI is InChI=1S/C9H14N2O3S/c1-6(2)3-10-9(14)11-5-15-4-7(11)8(12)13/h7H,1,3-5H2,2H3,(H,10,14)(H,12,13). The van der Waals surface area contributed by atoms with Crippen LogP contribution in [0.15, 0.2) is 12.2 Å². The third-order valence-corrected chi connectivity index (χ3v) is 2.98. The molecule has 84 valence electrons. The van der Waals surface area contributed by atoms with Gasteiger partial charge in [0, 0.05) is 12.3 Å². The number of thioether (sulfide) groups is 1. The van der Waals surface area contributed by atoms with E-state index >= 15 is 0 Å². The lowest BCUT2D eigenvalue weighted by Gasteiger charge is -2.20. The maximum atomic E-state index is 11.6. The van der Waals surface area contributed by atoms with Crippen molar-refractivity contribution in [2.24, 2.45) is 0 Å². The fourth-order valence-corrected chi connectivity index (χ4v) is 2.32. The summed E-state index contributed by atoms with van der Waals surface area (Å²) in [6.07, 6.45) is 0. The minimum atomic E-state index is -0.953. The highest BCUT2D eigenvalue weighted by Gasteiger charge is 2.34. The summed E-state index contributed by atoms with van der Waals surface area (Å²) in [6, 6.07) is -1.05. The normalized spacial score (nSPS) is 20.1. The molecule has 0 radical (unpaired) electrons. The van der Waals surface area contributed by atoms with Crippen molar-refractivity contribution in [2.75, 3.05) is 18.2 Å². The van der Waals surface area contributed by atoms with Gasteiger partial charge in [0.25, 0.3) is 0 Å². The molecule has 15 heavy (non-hydrogen) atoms. The van der Waals surface area contributed by atoms with Gasteiger partial charge < -0.3 is 15.3 Å². The lowest BCUT2D eigenvalue weighted by atomic mass is 10.3. The minimum Gasteiger partial charge on any atom is -0.480 e. The molecule has 0 bridgehead atoms. The Hall–Kier alpha value is -1.17. The van der Waals surface area contributed by atoms with Crippen LogP contribution in [0.4, 0.5) is 4.79 Å². The number of nitrogens with one attached hydrogen (secondary N) is 1. The van der Waals surface area contributed by atoms with Crippen LogP contribution in [0, 0.1) is 0 Å². The zero-order valence-electron chi connectivity index (χ0n) is 8.52. The zero-order valence-corrected chi connectivity index (χ0v) is 9.34. The number of urea groups is 1. The van der Waals surface area contributed by atoms with Crippen LogP contribution in [0.5, 0.6) is 0 Å². The number of carboxylic acids is 1. The van der Waals surface area contributed by atoms with Crippen molar-refractivity contribution >= 4 is 23.8 Å². The Kier molecular flexibility index (Phi) is 4.02. The van der Waals surface area contributed by atoms with Crippen molar-refractivity contribution in [3.63, 3.8) is 0 Å². The molecule has 0 saturated carbocycles. The smallest absolute Gasteiger partial charge is 0.327 e. The van der Waals surface area contributed by atoms with Gasteiger partial charge >= 0.3 is 12.0 Å². The third kappa shape index (κ3) is 3.16. The zero-order chi connectivity index (χ0) is 11.4. The van der Waals surface area contributed by atoms with E-state index in [1.54, 1.807) is 6.92 Å². The van der Waals surface area contributed by atoms with Crippen molar-refractivity contribution < 1.29 is 14.7 Å². The topological polar surface area (TPSA) is 69.6 Å². The molecule has 2 N–H and O–H groups in total. The highest BCUT2D eigenvalue weighted by Crippen LogP contribution is 2.20. The fraction of sp³-hybridized carbons (Fsp3) is 0.556. The van der Waals surface area contributed by atoms with Crippen molar-refractivity contribution in [3.8, 4) is 0 Å². The molecule has 1 fully saturated rings. The van der Waals surface area contributed by atoms with Crippen molar-refractivity contribution in [1.82, 2.24) is 10.2 Å². The van der Waals surface area contributed by atoms with Gasteiger partial charge in [-0.2, -0.15) is 0 Å². The molecule has 0 aromatic rings. The first kappa shape index (κ1) is 11.9. The first-order chi connectivity index (χ1) is 7.02. The number of nitrogens with zero attached hydrogens (tertiary/aromatic N) is 1. The summed E-state index contributed by atoms with van der Waals surface area (Å²) in [4.78, 5) is 23.7. The van der Waals surface area contributed by atoms with Gasteiger partial charge in [0.2, 0.25) is 0 Å². The van der Waals surface area contributed by atoms with Gasteiger partial charge in [-0.15, -0.1) is 11.8 Å². The predicted molar refractivity (Wildman–Crippen MR) is 58.8 cm³/mol. The van der Waals surface area contributed by atoms with E-state index < -0.39 is 12.0 Å². The molecule has 1 aliphatic rings. The Bertz CT molecular complexity index is 293. The highest BCUT2D eigenvalue weighted by atomic mass is 32.2. The summed E-state index contributed by atoms with van der Waals surface area (Å²) >= 11 is 1.44. The van der Waals surface area contributed by atoms with Crippen LogP contribution in [0.1, 0.15) is 6.92 Å². The number of hydrogen-bond donors (Lipinski definition) is 2. The molecule has 0 spiro atoms. The monoisotopic (exact) mass is 230 g/mol. The number of carboxylic acid groups (broad SMARTS) is 1. The van der Waals surface area contributed by atoms with Crippen molar-refractivity contribution in [1.29, 1.82) is 0 Å². The van der Waals surface area contributed by atoms with Crippen molar-refractivity contribution in [3.05, 3.63) is 12.2 Å². The van der Waals surface area contributed by atoms with Gasteiger partial charge in [0.1, 0.15) is 6.04 Å². The van der Waals surface area contributed by atoms with Gasteiger partial charge in [-0.1, -0.05) is 12.2 Å². The van der Waals surface area contributed by atoms with E-state index in [0.717, 1.165) is 5.57 Å². The van der Waals surface area contributed by atoms with Crippen LogP contribution in [-0.2, 0) is 4.79 Å². The summed E-state index contributed by atoms with van der Waals surface area (Å²) in [6.45, 7) is 5.83. The molecule has 1 unspecified atom stereocenters. The van der Waals surface area contributed by atoms with E-state index in [9.17, 15) is 9.59 Å². The van der Waals surface area contributed by atoms with E-state index in [2.05, 4.69) is 11.9 Å². The Balaban J connectivity index is 2.51. The van der Waals surface area contributed by atoms with Gasteiger partial charge in [-0.25, -0.2) is 9.59 Å². The molecule has 1 heterocycles. The summed E-state index contributed by atoms with van der Waals surface area (Å²) in [5.41, 5.74) is 0.835. The summed E-state index contributed by atoms with van der Waals surface area (Å²) in [5, 5.41) is 11.5. The van der Waals surface area contributed by atoms with Crippen LogP contribution in [0.2, 0.25) is 0 Å². The van der Waals surface area contributed by atoms with E-state index in [0.29, 0.717) is 18.2 Å². The van der Waals surface area contributed by atoms with Crippen LogP contribution >= 0.6 is 11.8 Å². The molecule has 6 heteroatoms. The lowest BCUT2D eigenvalue weighted by Crippen LogP contribution is -2.47. The minimum absolute atomic E-state index is 0.338. The van der Waals surface area contributed by atoms with Crippen LogP contribution in [0.25, 0.3) is 0 Å². The average Bonchev–Trinajstić information content (AvgIpc) is 2.62. The van der Waals surface area contributed by atoms with Gasteiger partial charge in [-0.05, 0) is 6.92 Å². The average molecular weight is 230 g/mol. The number of carbonyl (C=O) groups excluding carboxylic acids is 1. The quantitative estimate of drug-likeness (QED) is 0.701. The van der Waals surface area contributed by atoms with E-state index in [1.807, 2.05) is 0 Å². The third-order valence-electron chi connectivity index (χ3n) is 1.97. The first-order valence-corrected chi connectivity index (χ1v) is 5.67. The maximum absolute atomic E-state index is 11.6. The maximum Gasteiger partial charge on any atom is 0.327 e. The number of rotatable bonds is 3. The Morgan fingerprint density at radius 1 is 1.67 bits per heavy atom.